The van der Waals surface area contributed by atoms with Crippen molar-refractivity contribution >= 4 is 11.6 Å². The van der Waals surface area contributed by atoms with E-state index in [1.807, 2.05) is 24.3 Å². The van der Waals surface area contributed by atoms with Crippen molar-refractivity contribution in [1.82, 2.24) is 4.98 Å². The molecule has 0 radical (unpaired) electrons. The number of aliphatic hydroxyl groups is 1. The number of primary amides is 1. The molecule has 1 aromatic carbocycles. The highest BCUT2D eigenvalue weighted by atomic mass is 16.3. The molecule has 0 unspecified atom stereocenters. The number of hydrogen-bond donors (Lipinski definition) is 3. The third-order valence-corrected chi connectivity index (χ3v) is 3.60. The predicted octanol–water partition coefficient (Wildman–Crippen LogP) is 1.25. The Kier molecular flexibility index (Phi) is 3.12. The van der Waals surface area contributed by atoms with Gasteiger partial charge in [0.05, 0.1) is 23.4 Å². The van der Waals surface area contributed by atoms with Gasteiger partial charge in [-0.1, -0.05) is 24.3 Å². The molecular formula is C15H15N3O2. The Morgan fingerprint density at radius 1 is 1.35 bits per heavy atom. The van der Waals surface area contributed by atoms with E-state index in [1.165, 1.54) is 6.20 Å². The average molecular weight is 269 g/mol. The van der Waals surface area contributed by atoms with Gasteiger partial charge in [0.1, 0.15) is 0 Å². The molecule has 0 saturated carbocycles. The Hall–Kier alpha value is -2.40. The fourth-order valence-corrected chi connectivity index (χ4v) is 2.63. The van der Waals surface area contributed by atoms with Crippen LogP contribution < -0.4 is 11.1 Å². The molecular weight excluding hydrogens is 254 g/mol. The molecule has 0 saturated heterocycles. The largest absolute Gasteiger partial charge is 0.390 e. The fourth-order valence-electron chi connectivity index (χ4n) is 2.63. The van der Waals surface area contributed by atoms with Gasteiger partial charge in [-0.05, 0) is 17.2 Å². The number of amides is 1. The van der Waals surface area contributed by atoms with Crippen LogP contribution in [0.5, 0.6) is 0 Å². The maximum absolute atomic E-state index is 11.4. The molecule has 4 N–H and O–H groups in total. The van der Waals surface area contributed by atoms with Crippen molar-refractivity contribution in [3.05, 3.63) is 59.4 Å². The topological polar surface area (TPSA) is 88.2 Å². The number of aliphatic hydroxyl groups excluding tert-OH is 1. The molecule has 1 aliphatic carbocycles. The molecule has 0 spiro atoms. The van der Waals surface area contributed by atoms with Crippen LogP contribution in [0.2, 0.25) is 0 Å². The van der Waals surface area contributed by atoms with Gasteiger partial charge < -0.3 is 16.2 Å². The van der Waals surface area contributed by atoms with E-state index >= 15 is 0 Å². The van der Waals surface area contributed by atoms with Crippen LogP contribution in [0.25, 0.3) is 0 Å². The van der Waals surface area contributed by atoms with Gasteiger partial charge in [0.25, 0.3) is 5.91 Å². The van der Waals surface area contributed by atoms with Crippen LogP contribution >= 0.6 is 0 Å². The van der Waals surface area contributed by atoms with E-state index in [0.717, 1.165) is 11.1 Å². The number of aromatic nitrogens is 1. The lowest BCUT2D eigenvalue weighted by Gasteiger charge is -2.20. The molecule has 0 aliphatic heterocycles. The van der Waals surface area contributed by atoms with Crippen LogP contribution in [-0.4, -0.2) is 22.1 Å². The Morgan fingerprint density at radius 2 is 2.15 bits per heavy atom. The smallest absolute Gasteiger partial charge is 0.252 e. The summed E-state index contributed by atoms with van der Waals surface area (Å²) in [6.45, 7) is 0. The summed E-state index contributed by atoms with van der Waals surface area (Å²) in [5.41, 5.74) is 8.42. The predicted molar refractivity (Wildman–Crippen MR) is 75.3 cm³/mol. The first kappa shape index (κ1) is 12.6. The van der Waals surface area contributed by atoms with Crippen molar-refractivity contribution in [3.63, 3.8) is 0 Å². The average Bonchev–Trinajstić information content (AvgIpc) is 2.76. The van der Waals surface area contributed by atoms with E-state index in [0.29, 0.717) is 17.7 Å². The van der Waals surface area contributed by atoms with Crippen molar-refractivity contribution < 1.29 is 9.90 Å². The number of fused-ring (bicyclic) bond motifs is 1. The van der Waals surface area contributed by atoms with E-state index in [2.05, 4.69) is 10.3 Å². The highest BCUT2D eigenvalue weighted by molar-refractivity contribution is 5.98. The number of carbonyl (C=O) groups is 1. The van der Waals surface area contributed by atoms with Crippen LogP contribution in [0.3, 0.4) is 0 Å². The number of anilines is 1. The van der Waals surface area contributed by atoms with Crippen LogP contribution in [-0.2, 0) is 6.42 Å². The molecule has 102 valence electrons. The van der Waals surface area contributed by atoms with Crippen LogP contribution in [0.15, 0.2) is 42.7 Å². The fraction of sp³-hybridized carbons (Fsp3) is 0.200. The first-order chi connectivity index (χ1) is 9.66. The molecule has 1 heterocycles. The SMILES string of the molecule is NC(=O)c1cnccc1N[C@H]1c2ccccc2C[C@H]1O. The van der Waals surface area contributed by atoms with Gasteiger partial charge in [0, 0.05) is 18.8 Å². The number of hydrogen-bond acceptors (Lipinski definition) is 4. The minimum atomic E-state index is -0.540. The molecule has 2 aromatic rings. The number of rotatable bonds is 3. The molecule has 0 fully saturated rings. The second kappa shape index (κ2) is 4.94. The number of benzene rings is 1. The summed E-state index contributed by atoms with van der Waals surface area (Å²) >= 11 is 0. The summed E-state index contributed by atoms with van der Waals surface area (Å²) in [6, 6.07) is 9.32. The summed E-state index contributed by atoms with van der Waals surface area (Å²) in [4.78, 5) is 15.3. The van der Waals surface area contributed by atoms with Crippen LogP contribution in [0.4, 0.5) is 5.69 Å². The van der Waals surface area contributed by atoms with Gasteiger partial charge in [-0.25, -0.2) is 0 Å². The van der Waals surface area contributed by atoms with E-state index in [4.69, 9.17) is 5.73 Å². The zero-order valence-electron chi connectivity index (χ0n) is 10.8. The maximum Gasteiger partial charge on any atom is 0.252 e. The Balaban J connectivity index is 1.94. The summed E-state index contributed by atoms with van der Waals surface area (Å²) in [6.07, 6.45) is 3.09. The first-order valence-electron chi connectivity index (χ1n) is 6.43. The van der Waals surface area contributed by atoms with Crippen LogP contribution in [0, 0.1) is 0 Å². The first-order valence-corrected chi connectivity index (χ1v) is 6.43. The number of pyridine rings is 1. The Morgan fingerprint density at radius 3 is 2.95 bits per heavy atom. The molecule has 5 nitrogen and oxygen atoms in total. The zero-order chi connectivity index (χ0) is 14.1. The third kappa shape index (κ3) is 2.12. The highest BCUT2D eigenvalue weighted by Crippen LogP contribution is 2.34. The second-order valence-electron chi connectivity index (χ2n) is 4.88. The molecule has 2 atom stereocenters. The van der Waals surface area contributed by atoms with Crippen molar-refractivity contribution in [2.24, 2.45) is 5.73 Å². The minimum absolute atomic E-state index is 0.244. The quantitative estimate of drug-likeness (QED) is 0.782. The second-order valence-corrected chi connectivity index (χ2v) is 4.88. The summed E-state index contributed by atoms with van der Waals surface area (Å²) in [7, 11) is 0. The number of carbonyl (C=O) groups excluding carboxylic acids is 1. The Labute approximate surface area is 116 Å². The van der Waals surface area contributed by atoms with E-state index < -0.39 is 12.0 Å². The lowest BCUT2D eigenvalue weighted by Crippen LogP contribution is -2.23. The summed E-state index contributed by atoms with van der Waals surface area (Å²) in [5.74, 6) is -0.540. The summed E-state index contributed by atoms with van der Waals surface area (Å²) in [5, 5.41) is 13.4. The van der Waals surface area contributed by atoms with Gasteiger partial charge >= 0.3 is 0 Å². The number of nitrogens with zero attached hydrogens (tertiary/aromatic N) is 1. The Bertz CT molecular complexity index is 657. The van der Waals surface area contributed by atoms with Crippen molar-refractivity contribution in [1.29, 1.82) is 0 Å². The third-order valence-electron chi connectivity index (χ3n) is 3.60. The molecule has 20 heavy (non-hydrogen) atoms. The van der Waals surface area contributed by atoms with Gasteiger partial charge in [-0.2, -0.15) is 0 Å². The highest BCUT2D eigenvalue weighted by Gasteiger charge is 2.31. The van der Waals surface area contributed by atoms with E-state index in [1.54, 1.807) is 12.3 Å². The van der Waals surface area contributed by atoms with Gasteiger partial charge in [-0.15, -0.1) is 0 Å². The van der Waals surface area contributed by atoms with Crippen molar-refractivity contribution in [2.75, 3.05) is 5.32 Å². The van der Waals surface area contributed by atoms with Gasteiger partial charge in [0.2, 0.25) is 0 Å². The van der Waals surface area contributed by atoms with Crippen molar-refractivity contribution in [3.8, 4) is 0 Å². The van der Waals surface area contributed by atoms with Crippen molar-refractivity contribution in [2.45, 2.75) is 18.6 Å². The van der Waals surface area contributed by atoms with Crippen LogP contribution in [0.1, 0.15) is 27.5 Å². The van der Waals surface area contributed by atoms with Gasteiger partial charge in [0.15, 0.2) is 0 Å². The maximum atomic E-state index is 11.4. The molecule has 1 aromatic heterocycles. The van der Waals surface area contributed by atoms with Gasteiger partial charge in [-0.3, -0.25) is 9.78 Å². The molecule has 0 bridgehead atoms. The molecule has 1 aliphatic rings. The zero-order valence-corrected chi connectivity index (χ0v) is 10.8. The number of nitrogens with two attached hydrogens (primary N) is 1. The molecule has 1 amide bonds. The lowest BCUT2D eigenvalue weighted by atomic mass is 10.1. The van der Waals surface area contributed by atoms with E-state index in [-0.39, 0.29) is 6.04 Å². The normalized spacial score (nSPS) is 20.4. The monoisotopic (exact) mass is 269 g/mol. The standard InChI is InChI=1S/C15H15N3O2/c16-15(20)11-8-17-6-5-12(11)18-14-10-4-2-1-3-9(10)7-13(14)19/h1-6,8,13-14,19H,7H2,(H2,16,20)(H,17,18)/t13-,14+/m1/s1. The summed E-state index contributed by atoms with van der Waals surface area (Å²) < 4.78 is 0. The van der Waals surface area contributed by atoms with E-state index in [9.17, 15) is 9.90 Å². The lowest BCUT2D eigenvalue weighted by molar-refractivity contribution is 0.1000. The minimum Gasteiger partial charge on any atom is -0.390 e. The molecule has 3 rings (SSSR count). The molecule has 5 heteroatoms. The number of nitrogens with one attached hydrogen (secondary N) is 1.